The molecule has 0 unspecified atom stereocenters. The summed E-state index contributed by atoms with van der Waals surface area (Å²) in [5.41, 5.74) is 0.113. The van der Waals surface area contributed by atoms with Crippen molar-refractivity contribution in [3.8, 4) is 5.69 Å². The van der Waals surface area contributed by atoms with E-state index in [4.69, 9.17) is 4.74 Å². The van der Waals surface area contributed by atoms with Crippen LogP contribution < -0.4 is 10.9 Å². The fourth-order valence-corrected chi connectivity index (χ4v) is 5.36. The third kappa shape index (κ3) is 7.29. The van der Waals surface area contributed by atoms with Crippen molar-refractivity contribution in [3.63, 3.8) is 0 Å². The summed E-state index contributed by atoms with van der Waals surface area (Å²) in [5.74, 6) is -0.605. The average Bonchev–Trinajstić information content (AvgIpc) is 3.42. The molecule has 2 N–H and O–H groups in total. The van der Waals surface area contributed by atoms with E-state index in [1.165, 1.54) is 17.1 Å². The Morgan fingerprint density at radius 1 is 1.05 bits per heavy atom. The summed E-state index contributed by atoms with van der Waals surface area (Å²) in [6.45, 7) is 6.19. The highest BCUT2D eigenvalue weighted by atomic mass is 16.6. The van der Waals surface area contributed by atoms with Crippen molar-refractivity contribution in [2.24, 2.45) is 5.92 Å². The maximum Gasteiger partial charge on any atom is 0.407 e. The van der Waals surface area contributed by atoms with Crippen LogP contribution in [0.5, 0.6) is 0 Å². The minimum absolute atomic E-state index is 0.0565. The van der Waals surface area contributed by atoms with E-state index >= 15 is 0 Å². The predicted octanol–water partition coefficient (Wildman–Crippen LogP) is 3.32. The normalized spacial score (nSPS) is 15.7. The molecular weight excluding hydrogens is 548 g/mol. The summed E-state index contributed by atoms with van der Waals surface area (Å²) in [4.78, 5) is 45.5. The summed E-state index contributed by atoms with van der Waals surface area (Å²) in [7, 11) is 0. The van der Waals surface area contributed by atoms with Gasteiger partial charge in [0.05, 0.1) is 29.9 Å². The van der Waals surface area contributed by atoms with E-state index in [0.29, 0.717) is 43.4 Å². The first kappa shape index (κ1) is 30.0. The number of benzene rings is 2. The molecule has 1 aliphatic rings. The van der Waals surface area contributed by atoms with Crippen LogP contribution in [0, 0.1) is 5.92 Å². The second-order valence-electron chi connectivity index (χ2n) is 12.1. The maximum atomic E-state index is 13.7. The third-order valence-electron chi connectivity index (χ3n) is 7.59. The second kappa shape index (κ2) is 12.4. The summed E-state index contributed by atoms with van der Waals surface area (Å²) in [6, 6.07) is 19.1. The van der Waals surface area contributed by atoms with Crippen LogP contribution in [-0.2, 0) is 22.5 Å². The Kier molecular flexibility index (Phi) is 8.63. The van der Waals surface area contributed by atoms with Gasteiger partial charge in [0.2, 0.25) is 5.91 Å². The Morgan fingerprint density at radius 3 is 2.35 bits per heavy atom. The number of ether oxygens (including phenoxy) is 1. The van der Waals surface area contributed by atoms with Crippen molar-refractivity contribution >= 4 is 23.0 Å². The number of para-hydroxylation sites is 1. The molecule has 0 radical (unpaired) electrons. The molecule has 1 aliphatic heterocycles. The van der Waals surface area contributed by atoms with E-state index < -0.39 is 23.2 Å². The van der Waals surface area contributed by atoms with Crippen LogP contribution in [0.1, 0.15) is 39.2 Å². The number of hydrogen-bond donors (Lipinski definition) is 2. The van der Waals surface area contributed by atoms with E-state index in [1.807, 2.05) is 60.7 Å². The first-order chi connectivity index (χ1) is 20.5. The van der Waals surface area contributed by atoms with Crippen molar-refractivity contribution in [1.82, 2.24) is 29.5 Å². The summed E-state index contributed by atoms with van der Waals surface area (Å²) < 4.78 is 8.39. The zero-order chi connectivity index (χ0) is 30.6. The highest BCUT2D eigenvalue weighted by Crippen LogP contribution is 2.26. The Balaban J connectivity index is 1.25. The number of aliphatic hydroxyl groups is 1. The molecular formula is C32H38N6O5. The molecule has 1 fully saturated rings. The van der Waals surface area contributed by atoms with Gasteiger partial charge in [-0.2, -0.15) is 5.10 Å². The molecule has 0 bridgehead atoms. The highest BCUT2D eigenvalue weighted by Gasteiger charge is 2.37. The molecule has 1 atom stereocenters. The summed E-state index contributed by atoms with van der Waals surface area (Å²) in [5, 5.41) is 18.9. The number of hydrogen-bond acceptors (Lipinski definition) is 7. The fourth-order valence-electron chi connectivity index (χ4n) is 5.36. The smallest absolute Gasteiger partial charge is 0.407 e. The summed E-state index contributed by atoms with van der Waals surface area (Å²) >= 11 is 0. The molecule has 2 amide bonds. The van der Waals surface area contributed by atoms with Gasteiger partial charge < -0.3 is 20.1 Å². The lowest BCUT2D eigenvalue weighted by molar-refractivity contribution is -0.140. The molecule has 2 aromatic carbocycles. The van der Waals surface area contributed by atoms with E-state index in [2.05, 4.69) is 15.4 Å². The molecule has 5 rings (SSSR count). The quantitative estimate of drug-likeness (QED) is 0.324. The number of nitrogens with zero attached hydrogens (tertiary/aromatic N) is 5. The van der Waals surface area contributed by atoms with E-state index in [-0.39, 0.29) is 24.6 Å². The molecule has 11 nitrogen and oxygen atoms in total. The van der Waals surface area contributed by atoms with Crippen LogP contribution in [0.4, 0.5) is 4.79 Å². The second-order valence-corrected chi connectivity index (χ2v) is 12.1. The maximum absolute atomic E-state index is 13.7. The molecule has 0 spiro atoms. The van der Waals surface area contributed by atoms with Gasteiger partial charge in [0.1, 0.15) is 17.3 Å². The number of piperidine rings is 1. The van der Waals surface area contributed by atoms with Crippen LogP contribution in [0.3, 0.4) is 0 Å². The van der Waals surface area contributed by atoms with Crippen LogP contribution in [0.15, 0.2) is 78.0 Å². The Hall–Kier alpha value is -4.51. The lowest BCUT2D eigenvalue weighted by Crippen LogP contribution is -2.52. The summed E-state index contributed by atoms with van der Waals surface area (Å²) in [6.07, 6.45) is 3.41. The predicted molar refractivity (Wildman–Crippen MR) is 162 cm³/mol. The topological polar surface area (TPSA) is 132 Å². The minimum atomic E-state index is -1.19. The van der Waals surface area contributed by atoms with Crippen LogP contribution in [-0.4, -0.2) is 72.2 Å². The largest absolute Gasteiger partial charge is 0.444 e. The molecule has 0 saturated carbocycles. The number of rotatable bonds is 8. The Morgan fingerprint density at radius 2 is 1.70 bits per heavy atom. The standard InChI is InChI=1S/C32H38N6O5/c1-31(2,3)43-30(41)33-19-24(18-23-10-6-4-7-11-23)28(39)36-16-14-32(42,15-17-36)21-37-22-34-27-26(29(37)40)20-35-38(27)25-12-8-5-9-13-25/h4-13,20,22,24,42H,14-19,21H2,1-3H3,(H,33,41)/t24-/m0/s1. The van der Waals surface area contributed by atoms with Gasteiger partial charge in [0.25, 0.3) is 5.56 Å². The number of amides is 2. The monoisotopic (exact) mass is 586 g/mol. The van der Waals surface area contributed by atoms with Gasteiger partial charge in [-0.05, 0) is 57.7 Å². The van der Waals surface area contributed by atoms with E-state index in [1.54, 1.807) is 30.4 Å². The number of nitrogens with one attached hydrogen (secondary N) is 1. The van der Waals surface area contributed by atoms with E-state index in [9.17, 15) is 19.5 Å². The molecule has 11 heteroatoms. The van der Waals surface area contributed by atoms with Crippen LogP contribution in [0.25, 0.3) is 16.7 Å². The van der Waals surface area contributed by atoms with Gasteiger partial charge in [0.15, 0.2) is 5.65 Å². The van der Waals surface area contributed by atoms with Crippen LogP contribution >= 0.6 is 0 Å². The molecule has 2 aromatic heterocycles. The van der Waals surface area contributed by atoms with Gasteiger partial charge >= 0.3 is 6.09 Å². The van der Waals surface area contributed by atoms with Crippen molar-refractivity contribution in [2.75, 3.05) is 19.6 Å². The third-order valence-corrected chi connectivity index (χ3v) is 7.59. The molecule has 4 aromatic rings. The number of alkyl carbamates (subject to hydrolysis) is 1. The number of likely N-dealkylation sites (tertiary alicyclic amines) is 1. The first-order valence-corrected chi connectivity index (χ1v) is 14.5. The zero-order valence-corrected chi connectivity index (χ0v) is 24.8. The number of fused-ring (bicyclic) bond motifs is 1. The lowest BCUT2D eigenvalue weighted by Gasteiger charge is -2.39. The first-order valence-electron chi connectivity index (χ1n) is 14.5. The lowest BCUT2D eigenvalue weighted by atomic mass is 9.89. The highest BCUT2D eigenvalue weighted by molar-refractivity contribution is 5.80. The SMILES string of the molecule is CC(C)(C)OC(=O)NC[C@H](Cc1ccccc1)C(=O)N1CCC(O)(Cn2cnc3c(cnn3-c3ccccc3)c2=O)CC1. The van der Waals surface area contributed by atoms with Crippen molar-refractivity contribution in [1.29, 1.82) is 0 Å². The number of carbonyl (C=O) groups excluding carboxylic acids is 2. The molecule has 43 heavy (non-hydrogen) atoms. The molecule has 0 aliphatic carbocycles. The zero-order valence-electron chi connectivity index (χ0n) is 24.8. The van der Waals surface area contributed by atoms with E-state index in [0.717, 1.165) is 11.3 Å². The van der Waals surface area contributed by atoms with Gasteiger partial charge in [-0.1, -0.05) is 48.5 Å². The van der Waals surface area contributed by atoms with Crippen molar-refractivity contribution in [2.45, 2.75) is 57.8 Å². The molecule has 226 valence electrons. The van der Waals surface area contributed by atoms with Gasteiger partial charge in [-0.3, -0.25) is 14.2 Å². The van der Waals surface area contributed by atoms with Crippen molar-refractivity contribution in [3.05, 3.63) is 89.1 Å². The van der Waals surface area contributed by atoms with Crippen molar-refractivity contribution < 1.29 is 19.4 Å². The average molecular weight is 587 g/mol. The Bertz CT molecular complexity index is 1620. The fraction of sp³-hybridized carbons (Fsp3) is 0.406. The minimum Gasteiger partial charge on any atom is -0.444 e. The van der Waals surface area contributed by atoms with Gasteiger partial charge in [0, 0.05) is 19.6 Å². The number of carbonyl (C=O) groups is 2. The van der Waals surface area contributed by atoms with Crippen LogP contribution in [0.2, 0.25) is 0 Å². The van der Waals surface area contributed by atoms with Gasteiger partial charge in [-0.15, -0.1) is 0 Å². The molecule has 1 saturated heterocycles. The molecule has 3 heterocycles. The Labute approximate surface area is 250 Å². The van der Waals surface area contributed by atoms with Gasteiger partial charge in [-0.25, -0.2) is 14.5 Å². The number of aromatic nitrogens is 4.